The van der Waals surface area contributed by atoms with Gasteiger partial charge < -0.3 is 13.7 Å². The van der Waals surface area contributed by atoms with E-state index >= 15 is 0 Å². The molecule has 0 aliphatic carbocycles. The number of carbonyl (C=O) groups excluding carboxylic acids is 1. The second-order valence-corrected chi connectivity index (χ2v) is 3.43. The maximum Gasteiger partial charge on any atom is 0.344 e. The Morgan fingerprint density at radius 1 is 1.47 bits per heavy atom. The van der Waals surface area contributed by atoms with Gasteiger partial charge in [-0.05, 0) is 13.8 Å². The zero-order chi connectivity index (χ0) is 12.4. The highest BCUT2D eigenvalue weighted by atomic mass is 16.5. The molecule has 0 N–H and O–H groups in total. The van der Waals surface area contributed by atoms with Gasteiger partial charge in [-0.1, -0.05) is 5.16 Å². The minimum Gasteiger partial charge on any atom is -0.462 e. The van der Waals surface area contributed by atoms with Crippen molar-refractivity contribution in [2.75, 3.05) is 6.61 Å². The van der Waals surface area contributed by atoms with Gasteiger partial charge in [0.25, 0.3) is 0 Å². The first kappa shape index (κ1) is 11.4. The topological polar surface area (TPSA) is 78.4 Å². The summed E-state index contributed by atoms with van der Waals surface area (Å²) in [5, 5.41) is 3.80. The van der Waals surface area contributed by atoms with E-state index in [1.807, 2.05) is 0 Å². The molecule has 2 heterocycles. The van der Waals surface area contributed by atoms with Gasteiger partial charge in [-0.25, -0.2) is 9.78 Å². The Morgan fingerprint density at radius 3 is 2.82 bits per heavy atom. The number of oxazole rings is 1. The molecular formula is C11H12N2O4. The summed E-state index contributed by atoms with van der Waals surface area (Å²) in [6, 6.07) is 0. The molecule has 6 heteroatoms. The molecule has 0 aromatic carbocycles. The van der Waals surface area contributed by atoms with E-state index in [1.165, 1.54) is 6.26 Å². The third kappa shape index (κ3) is 2.06. The first-order valence-corrected chi connectivity index (χ1v) is 5.19. The molecule has 0 fully saturated rings. The number of aryl methyl sites for hydroxylation is 2. The summed E-state index contributed by atoms with van der Waals surface area (Å²) in [7, 11) is 0. The van der Waals surface area contributed by atoms with Crippen molar-refractivity contribution in [2.45, 2.75) is 20.8 Å². The lowest BCUT2D eigenvalue weighted by atomic mass is 10.1. The van der Waals surface area contributed by atoms with E-state index in [-0.39, 0.29) is 0 Å². The summed E-state index contributed by atoms with van der Waals surface area (Å²) in [6.07, 6.45) is 1.43. The Kier molecular flexibility index (Phi) is 2.95. The van der Waals surface area contributed by atoms with Gasteiger partial charge in [0, 0.05) is 6.92 Å². The van der Waals surface area contributed by atoms with E-state index in [0.717, 1.165) is 0 Å². The zero-order valence-electron chi connectivity index (χ0n) is 9.81. The highest BCUT2D eigenvalue weighted by Crippen LogP contribution is 2.25. The molecule has 2 aromatic rings. The fourth-order valence-electron chi connectivity index (χ4n) is 1.46. The molecule has 0 aliphatic heterocycles. The monoisotopic (exact) mass is 236 g/mol. The zero-order valence-corrected chi connectivity index (χ0v) is 9.81. The van der Waals surface area contributed by atoms with Crippen LogP contribution in [0.1, 0.15) is 28.9 Å². The number of aromatic nitrogens is 2. The maximum absolute atomic E-state index is 11.7. The van der Waals surface area contributed by atoms with Crippen LogP contribution >= 0.6 is 0 Å². The fraction of sp³-hybridized carbons (Fsp3) is 0.364. The Bertz CT molecular complexity index is 541. The van der Waals surface area contributed by atoms with Gasteiger partial charge >= 0.3 is 5.97 Å². The maximum atomic E-state index is 11.7. The van der Waals surface area contributed by atoms with Gasteiger partial charge in [0.2, 0.25) is 0 Å². The minimum absolute atomic E-state index is 0.292. The summed E-state index contributed by atoms with van der Waals surface area (Å²) >= 11 is 0. The van der Waals surface area contributed by atoms with Crippen molar-refractivity contribution >= 4 is 5.97 Å². The Morgan fingerprint density at radius 2 is 2.24 bits per heavy atom. The van der Waals surface area contributed by atoms with E-state index < -0.39 is 5.97 Å². The SMILES string of the molecule is CCOC(=O)c1c(-c2coc(C)n2)noc1C. The predicted molar refractivity (Wildman–Crippen MR) is 57.4 cm³/mol. The van der Waals surface area contributed by atoms with Crippen LogP contribution in [0.15, 0.2) is 15.2 Å². The van der Waals surface area contributed by atoms with Gasteiger partial charge in [0.05, 0.1) is 6.61 Å². The molecule has 90 valence electrons. The second-order valence-electron chi connectivity index (χ2n) is 3.43. The van der Waals surface area contributed by atoms with Crippen LogP contribution in [0.3, 0.4) is 0 Å². The summed E-state index contributed by atoms with van der Waals surface area (Å²) < 4.78 is 15.0. The molecule has 0 saturated heterocycles. The van der Waals surface area contributed by atoms with E-state index in [9.17, 15) is 4.79 Å². The lowest BCUT2D eigenvalue weighted by Gasteiger charge is -2.00. The molecule has 2 aromatic heterocycles. The lowest BCUT2D eigenvalue weighted by Crippen LogP contribution is -2.06. The standard InChI is InChI=1S/C11H12N2O4/c1-4-15-11(14)9-6(2)17-13-10(9)8-5-16-7(3)12-8/h5H,4H2,1-3H3. The van der Waals surface area contributed by atoms with Crippen molar-refractivity contribution in [3.05, 3.63) is 23.5 Å². The number of hydrogen-bond acceptors (Lipinski definition) is 6. The minimum atomic E-state index is -0.470. The second kappa shape index (κ2) is 4.40. The van der Waals surface area contributed by atoms with Crippen molar-refractivity contribution in [1.29, 1.82) is 0 Å². The quantitative estimate of drug-likeness (QED) is 0.759. The molecule has 2 rings (SSSR count). The van der Waals surface area contributed by atoms with Gasteiger partial charge in [-0.3, -0.25) is 0 Å². The number of esters is 1. The third-order valence-corrected chi connectivity index (χ3v) is 2.20. The molecule has 0 unspecified atom stereocenters. The van der Waals surface area contributed by atoms with Gasteiger partial charge in [-0.15, -0.1) is 0 Å². The summed E-state index contributed by atoms with van der Waals surface area (Å²) in [6.45, 7) is 5.39. The number of carbonyl (C=O) groups is 1. The molecule has 0 amide bonds. The average molecular weight is 236 g/mol. The van der Waals surface area contributed by atoms with E-state index in [1.54, 1.807) is 20.8 Å². The van der Waals surface area contributed by atoms with Crippen molar-refractivity contribution in [3.8, 4) is 11.4 Å². The lowest BCUT2D eigenvalue weighted by molar-refractivity contribution is 0.0525. The smallest absolute Gasteiger partial charge is 0.344 e. The van der Waals surface area contributed by atoms with Crippen LogP contribution < -0.4 is 0 Å². The van der Waals surface area contributed by atoms with Crippen LogP contribution in [0.4, 0.5) is 0 Å². The van der Waals surface area contributed by atoms with Crippen molar-refractivity contribution in [1.82, 2.24) is 10.1 Å². The number of hydrogen-bond donors (Lipinski definition) is 0. The Hall–Kier alpha value is -2.11. The molecule has 0 atom stereocenters. The van der Waals surface area contributed by atoms with Gasteiger partial charge in [0.1, 0.15) is 29.0 Å². The van der Waals surface area contributed by atoms with Crippen LogP contribution in [-0.2, 0) is 4.74 Å². The van der Waals surface area contributed by atoms with Crippen LogP contribution in [0, 0.1) is 13.8 Å². The number of nitrogens with zero attached hydrogens (tertiary/aromatic N) is 2. The predicted octanol–water partition coefficient (Wildman–Crippen LogP) is 2.12. The van der Waals surface area contributed by atoms with E-state index in [0.29, 0.717) is 35.2 Å². The molecular weight excluding hydrogens is 224 g/mol. The third-order valence-electron chi connectivity index (χ3n) is 2.20. The van der Waals surface area contributed by atoms with Crippen LogP contribution in [-0.4, -0.2) is 22.7 Å². The Labute approximate surface area is 97.6 Å². The average Bonchev–Trinajstić information content (AvgIpc) is 2.85. The number of rotatable bonds is 3. The van der Waals surface area contributed by atoms with Crippen LogP contribution in [0.2, 0.25) is 0 Å². The highest BCUT2D eigenvalue weighted by Gasteiger charge is 2.24. The van der Waals surface area contributed by atoms with Crippen molar-refractivity contribution < 1.29 is 18.5 Å². The normalized spacial score (nSPS) is 10.5. The molecule has 6 nitrogen and oxygen atoms in total. The first-order chi connectivity index (χ1) is 8.13. The van der Waals surface area contributed by atoms with Crippen LogP contribution in [0.5, 0.6) is 0 Å². The summed E-state index contributed by atoms with van der Waals surface area (Å²) in [4.78, 5) is 15.8. The van der Waals surface area contributed by atoms with Crippen molar-refractivity contribution in [2.24, 2.45) is 0 Å². The first-order valence-electron chi connectivity index (χ1n) is 5.19. The number of ether oxygens (including phenoxy) is 1. The van der Waals surface area contributed by atoms with Gasteiger partial charge in [0.15, 0.2) is 5.89 Å². The van der Waals surface area contributed by atoms with Crippen molar-refractivity contribution in [3.63, 3.8) is 0 Å². The highest BCUT2D eigenvalue weighted by molar-refractivity contribution is 5.96. The molecule has 0 saturated carbocycles. The summed E-state index contributed by atoms with van der Waals surface area (Å²) in [5.74, 6) is 0.427. The molecule has 0 radical (unpaired) electrons. The fourth-order valence-corrected chi connectivity index (χ4v) is 1.46. The van der Waals surface area contributed by atoms with E-state index in [4.69, 9.17) is 13.7 Å². The van der Waals surface area contributed by atoms with Gasteiger partial charge in [-0.2, -0.15) is 0 Å². The largest absolute Gasteiger partial charge is 0.462 e. The Balaban J connectivity index is 2.45. The molecule has 0 bridgehead atoms. The summed E-state index contributed by atoms with van der Waals surface area (Å²) in [5.41, 5.74) is 1.10. The molecule has 17 heavy (non-hydrogen) atoms. The molecule has 0 spiro atoms. The molecule has 0 aliphatic rings. The van der Waals surface area contributed by atoms with Crippen LogP contribution in [0.25, 0.3) is 11.4 Å². The van der Waals surface area contributed by atoms with E-state index in [2.05, 4.69) is 10.1 Å².